The lowest BCUT2D eigenvalue weighted by Gasteiger charge is -2.19. The molecule has 0 bridgehead atoms. The largest absolute Gasteiger partial charge is 0.485 e. The molecule has 0 spiro atoms. The molecule has 2 aromatic carbocycles. The summed E-state index contributed by atoms with van der Waals surface area (Å²) in [5, 5.41) is 14.0. The molecular weight excluding hydrogens is 456 g/mol. The number of para-hydroxylation sites is 2. The van der Waals surface area contributed by atoms with Gasteiger partial charge in [-0.05, 0) is 56.7 Å². The van der Waals surface area contributed by atoms with Crippen molar-refractivity contribution in [2.24, 2.45) is 0 Å². The Kier molecular flexibility index (Phi) is 7.21. The van der Waals surface area contributed by atoms with Gasteiger partial charge in [0.2, 0.25) is 0 Å². The molecule has 0 unspecified atom stereocenters. The zero-order valence-electron chi connectivity index (χ0n) is 18.6. The summed E-state index contributed by atoms with van der Waals surface area (Å²) in [6.45, 7) is 3.30. The number of ether oxygens (including phenoxy) is 1. The number of halogens is 4. The molecule has 0 aliphatic rings. The first-order valence-electron chi connectivity index (χ1n) is 10.2. The Hall–Kier alpha value is -3.53. The Morgan fingerprint density at radius 3 is 2.35 bits per heavy atom. The zero-order chi connectivity index (χ0) is 25.2. The number of carbonyl (C=O) groups excluding carboxylic acids is 1. The maximum atomic E-state index is 14.6. The second kappa shape index (κ2) is 9.76. The van der Waals surface area contributed by atoms with Crippen molar-refractivity contribution in [2.45, 2.75) is 39.2 Å². The van der Waals surface area contributed by atoms with Crippen LogP contribution in [0.1, 0.15) is 41.0 Å². The monoisotopic (exact) mass is 478 g/mol. The van der Waals surface area contributed by atoms with Gasteiger partial charge in [-0.1, -0.05) is 12.1 Å². The van der Waals surface area contributed by atoms with Gasteiger partial charge < -0.3 is 9.84 Å². The van der Waals surface area contributed by atoms with Crippen molar-refractivity contribution in [3.8, 4) is 11.4 Å². The summed E-state index contributed by atoms with van der Waals surface area (Å²) < 4.78 is 60.2. The minimum Gasteiger partial charge on any atom is -0.485 e. The molecule has 0 amide bonds. The number of hydrogen-bond donors (Lipinski definition) is 1. The van der Waals surface area contributed by atoms with Gasteiger partial charge in [-0.15, -0.1) is 0 Å². The summed E-state index contributed by atoms with van der Waals surface area (Å²) >= 11 is 0. The van der Waals surface area contributed by atoms with E-state index >= 15 is 0 Å². The fraction of sp³-hybridized carbons (Fsp3) is 0.292. The highest BCUT2D eigenvalue weighted by atomic mass is 19.3. The van der Waals surface area contributed by atoms with Gasteiger partial charge in [-0.2, -0.15) is 9.78 Å². The molecule has 3 aromatic rings. The molecule has 0 fully saturated rings. The number of aryl methyl sites for hydroxylation is 1. The number of hydrogen-bond acceptors (Lipinski definition) is 5. The van der Waals surface area contributed by atoms with Crippen molar-refractivity contribution in [3.05, 3.63) is 86.8 Å². The third-order valence-electron chi connectivity index (χ3n) is 4.98. The van der Waals surface area contributed by atoms with Crippen LogP contribution in [-0.4, -0.2) is 33.7 Å². The summed E-state index contributed by atoms with van der Waals surface area (Å²) in [7, 11) is 0. The Bertz CT molecular complexity index is 1260. The third-order valence-corrected chi connectivity index (χ3v) is 4.98. The molecule has 10 heteroatoms. The average molecular weight is 478 g/mol. The van der Waals surface area contributed by atoms with Crippen LogP contribution < -0.4 is 10.3 Å². The standard InChI is InChI=1S/C24H22F4N2O4/c1-13-8-16(20(31)11-15-17(25)9-14(10-18(15)26)24(2,3)33)23(32)30(29-13)19-6-4-5-7-21(19)34-12-22(27)28/h4-10,22,33H,11-12H2,1-3H3. The average Bonchev–Trinajstić information content (AvgIpc) is 2.75. The van der Waals surface area contributed by atoms with Crippen molar-refractivity contribution in [1.29, 1.82) is 0 Å². The predicted octanol–water partition coefficient (Wildman–Crippen LogP) is 4.12. The van der Waals surface area contributed by atoms with E-state index in [2.05, 4.69) is 5.10 Å². The molecule has 180 valence electrons. The molecule has 1 aromatic heterocycles. The number of alkyl halides is 2. The number of ketones is 1. The summed E-state index contributed by atoms with van der Waals surface area (Å²) in [5.74, 6) is -3.01. The number of rotatable bonds is 8. The van der Waals surface area contributed by atoms with Crippen molar-refractivity contribution < 1.29 is 32.2 Å². The number of carbonyl (C=O) groups is 1. The van der Waals surface area contributed by atoms with Crippen LogP contribution in [0.5, 0.6) is 5.75 Å². The van der Waals surface area contributed by atoms with E-state index in [4.69, 9.17) is 4.74 Å². The smallest absolute Gasteiger partial charge is 0.282 e. The maximum absolute atomic E-state index is 14.6. The third kappa shape index (κ3) is 5.51. The van der Waals surface area contributed by atoms with Gasteiger partial charge in [0, 0.05) is 12.0 Å². The van der Waals surface area contributed by atoms with Crippen molar-refractivity contribution in [3.63, 3.8) is 0 Å². The van der Waals surface area contributed by atoms with E-state index in [1.165, 1.54) is 51.1 Å². The normalized spacial score (nSPS) is 11.7. The minimum atomic E-state index is -2.75. The van der Waals surface area contributed by atoms with Crippen LogP contribution in [0.3, 0.4) is 0 Å². The number of Topliss-reactive ketones (excluding diaryl/α,β-unsaturated/α-hetero) is 1. The van der Waals surface area contributed by atoms with E-state index in [1.54, 1.807) is 0 Å². The molecule has 1 heterocycles. The van der Waals surface area contributed by atoms with E-state index in [0.29, 0.717) is 0 Å². The van der Waals surface area contributed by atoms with Crippen LogP contribution >= 0.6 is 0 Å². The highest BCUT2D eigenvalue weighted by Gasteiger charge is 2.24. The summed E-state index contributed by atoms with van der Waals surface area (Å²) in [5.41, 5.74) is -3.11. The van der Waals surface area contributed by atoms with Crippen LogP contribution in [-0.2, 0) is 12.0 Å². The Balaban J connectivity index is 2.01. The summed E-state index contributed by atoms with van der Waals surface area (Å²) in [6.07, 6.45) is -3.51. The summed E-state index contributed by atoms with van der Waals surface area (Å²) in [6, 6.07) is 8.85. The molecule has 3 rings (SSSR count). The molecule has 0 saturated heterocycles. The van der Waals surface area contributed by atoms with Crippen LogP contribution in [0.15, 0.2) is 47.3 Å². The van der Waals surface area contributed by atoms with Crippen LogP contribution in [0.2, 0.25) is 0 Å². The van der Waals surface area contributed by atoms with E-state index in [9.17, 15) is 32.3 Å². The van der Waals surface area contributed by atoms with Gasteiger partial charge >= 0.3 is 0 Å². The zero-order valence-corrected chi connectivity index (χ0v) is 18.6. The van der Waals surface area contributed by atoms with Crippen molar-refractivity contribution in [2.75, 3.05) is 6.61 Å². The first-order chi connectivity index (χ1) is 15.9. The Morgan fingerprint density at radius 1 is 1.15 bits per heavy atom. The summed E-state index contributed by atoms with van der Waals surface area (Å²) in [4.78, 5) is 26.0. The number of aromatic nitrogens is 2. The molecule has 0 aliphatic heterocycles. The fourth-order valence-corrected chi connectivity index (χ4v) is 3.27. The van der Waals surface area contributed by atoms with E-state index in [1.807, 2.05) is 0 Å². The Morgan fingerprint density at radius 2 is 1.76 bits per heavy atom. The second-order valence-electron chi connectivity index (χ2n) is 8.16. The van der Waals surface area contributed by atoms with Crippen molar-refractivity contribution in [1.82, 2.24) is 9.78 Å². The van der Waals surface area contributed by atoms with Gasteiger partial charge in [0.1, 0.15) is 29.7 Å². The molecule has 0 saturated carbocycles. The van der Waals surface area contributed by atoms with Crippen LogP contribution in [0, 0.1) is 18.6 Å². The lowest BCUT2D eigenvalue weighted by molar-refractivity contribution is 0.0778. The first kappa shape index (κ1) is 25.1. The first-order valence-corrected chi connectivity index (χ1v) is 10.2. The Labute approximate surface area is 192 Å². The van der Waals surface area contributed by atoms with Crippen LogP contribution in [0.25, 0.3) is 5.69 Å². The quantitative estimate of drug-likeness (QED) is 0.389. The van der Waals surface area contributed by atoms with Gasteiger partial charge in [-0.25, -0.2) is 17.6 Å². The number of aliphatic hydroxyl groups is 1. The minimum absolute atomic E-state index is 0.0128. The maximum Gasteiger partial charge on any atom is 0.282 e. The fourth-order valence-electron chi connectivity index (χ4n) is 3.27. The molecule has 0 radical (unpaired) electrons. The number of nitrogens with zero attached hydrogens (tertiary/aromatic N) is 2. The lowest BCUT2D eigenvalue weighted by atomic mass is 9.94. The van der Waals surface area contributed by atoms with E-state index < -0.39 is 53.6 Å². The molecule has 1 N–H and O–H groups in total. The number of benzene rings is 2. The highest BCUT2D eigenvalue weighted by Crippen LogP contribution is 2.26. The van der Waals surface area contributed by atoms with Gasteiger partial charge in [0.15, 0.2) is 5.78 Å². The highest BCUT2D eigenvalue weighted by molar-refractivity contribution is 5.97. The van der Waals surface area contributed by atoms with Gasteiger partial charge in [0.05, 0.1) is 16.9 Å². The van der Waals surface area contributed by atoms with Crippen LogP contribution in [0.4, 0.5) is 17.6 Å². The molecule has 6 nitrogen and oxygen atoms in total. The SMILES string of the molecule is Cc1cc(C(=O)Cc2c(F)cc(C(C)(C)O)cc2F)c(=O)n(-c2ccccc2OCC(F)F)n1. The molecule has 0 aliphatic carbocycles. The van der Waals surface area contributed by atoms with Gasteiger partial charge in [-0.3, -0.25) is 9.59 Å². The molecule has 34 heavy (non-hydrogen) atoms. The van der Waals surface area contributed by atoms with E-state index in [-0.39, 0.29) is 28.3 Å². The predicted molar refractivity (Wildman–Crippen MR) is 116 cm³/mol. The molecular formula is C24H22F4N2O4. The van der Waals surface area contributed by atoms with Gasteiger partial charge in [0.25, 0.3) is 12.0 Å². The lowest BCUT2D eigenvalue weighted by Crippen LogP contribution is -2.29. The van der Waals surface area contributed by atoms with E-state index in [0.717, 1.165) is 16.8 Å². The topological polar surface area (TPSA) is 81.4 Å². The second-order valence-corrected chi connectivity index (χ2v) is 8.16. The van der Waals surface area contributed by atoms with Crippen molar-refractivity contribution >= 4 is 5.78 Å². The molecule has 0 atom stereocenters.